The molecule has 2 aromatic rings. The zero-order valence-electron chi connectivity index (χ0n) is 22.8. The van der Waals surface area contributed by atoms with E-state index in [1.54, 1.807) is 19.1 Å². The van der Waals surface area contributed by atoms with Gasteiger partial charge in [-0.05, 0) is 55.4 Å². The predicted octanol–water partition coefficient (Wildman–Crippen LogP) is 6.69. The summed E-state index contributed by atoms with van der Waals surface area (Å²) in [6, 6.07) is 6.63. The van der Waals surface area contributed by atoms with Gasteiger partial charge in [0.25, 0.3) is 5.91 Å². The molecule has 1 aliphatic heterocycles. The molecule has 1 atom stereocenters. The number of allylic oxidation sites excluding steroid dienone is 1. The van der Waals surface area contributed by atoms with Crippen LogP contribution in [-0.2, 0) is 20.7 Å². The number of thioether (sulfide) groups is 2. The van der Waals surface area contributed by atoms with E-state index < -0.39 is 17.4 Å². The highest BCUT2D eigenvalue weighted by atomic mass is 35.5. The average molecular weight is 635 g/mol. The maximum Gasteiger partial charge on any atom is 0.328 e. The van der Waals surface area contributed by atoms with E-state index in [2.05, 4.69) is 15.6 Å². The maximum atomic E-state index is 13.7. The Kier molecular flexibility index (Phi) is 9.89. The number of ether oxygens (including phenoxy) is 1. The Bertz CT molecular complexity index is 1320. The van der Waals surface area contributed by atoms with Crippen molar-refractivity contribution in [1.82, 2.24) is 10.3 Å². The third-order valence-corrected chi connectivity index (χ3v) is 11.3. The Labute approximate surface area is 258 Å². The van der Waals surface area contributed by atoms with Gasteiger partial charge in [0.15, 0.2) is 5.78 Å². The third-order valence-electron chi connectivity index (χ3n) is 7.82. The lowest BCUT2D eigenvalue weighted by atomic mass is 9.59. The van der Waals surface area contributed by atoms with Crippen LogP contribution in [0.4, 0.5) is 5.69 Å². The van der Waals surface area contributed by atoms with Crippen LogP contribution < -0.4 is 10.6 Å². The van der Waals surface area contributed by atoms with Crippen molar-refractivity contribution in [1.29, 1.82) is 0 Å². The third kappa shape index (κ3) is 6.43. The number of benzene rings is 1. The summed E-state index contributed by atoms with van der Waals surface area (Å²) < 4.78 is 5.58. The minimum absolute atomic E-state index is 0.111. The molecule has 1 amide bonds. The van der Waals surface area contributed by atoms with Crippen LogP contribution in [0.1, 0.15) is 61.4 Å². The summed E-state index contributed by atoms with van der Waals surface area (Å²) >= 11 is 15.9. The highest BCUT2D eigenvalue weighted by Crippen LogP contribution is 2.56. The number of nitrogens with one attached hydrogen (secondary N) is 2. The van der Waals surface area contributed by atoms with E-state index in [9.17, 15) is 14.4 Å². The Morgan fingerprint density at radius 2 is 1.71 bits per heavy atom. The van der Waals surface area contributed by atoms with Crippen LogP contribution in [0.15, 0.2) is 47.9 Å². The topological polar surface area (TPSA) is 97.4 Å². The van der Waals surface area contributed by atoms with Gasteiger partial charge in [0.1, 0.15) is 6.04 Å². The molecular weight excluding hydrogens is 601 g/mol. The SMILES string of the molecule is CCOC(=O)C(Cc1ccc(NC(=O)c2c(Cl)cncc2Cl)cc1)NC1=C(C2SCCCS2)C(=O)C12CCCCC2. The zero-order chi connectivity index (χ0) is 29.0. The number of Topliss-reactive ketones (excluding diaryl/α,β-unsaturated/α-hetero) is 1. The van der Waals surface area contributed by atoms with Gasteiger partial charge >= 0.3 is 5.97 Å². The van der Waals surface area contributed by atoms with E-state index in [-0.39, 0.29) is 38.6 Å². The largest absolute Gasteiger partial charge is 0.464 e. The molecule has 1 spiro atoms. The zero-order valence-corrected chi connectivity index (χ0v) is 26.0. The lowest BCUT2D eigenvalue weighted by Gasteiger charge is -2.49. The standard InChI is InChI=1S/C30H33Cl2N3O4S2/c1-2-39-28(38)22(15-18-7-9-19(10-8-18)34-27(37)23-20(31)16-33-17-21(23)32)35-25-24(29-40-13-6-14-41-29)26(36)30(25)11-4-3-5-12-30/h7-10,16-17,22,29,35H,2-6,11-15H2,1H3,(H,34,37). The molecule has 2 heterocycles. The summed E-state index contributed by atoms with van der Waals surface area (Å²) in [4.78, 5) is 43.5. The lowest BCUT2D eigenvalue weighted by Crippen LogP contribution is -2.56. The Balaban J connectivity index is 1.36. The van der Waals surface area contributed by atoms with Crippen LogP contribution in [0.25, 0.3) is 0 Å². The minimum atomic E-state index is -0.639. The van der Waals surface area contributed by atoms with E-state index in [0.717, 1.165) is 66.9 Å². The van der Waals surface area contributed by atoms with Crippen molar-refractivity contribution in [3.05, 3.63) is 69.1 Å². The normalized spacial score (nSPS) is 19.4. The second-order valence-corrected chi connectivity index (χ2v) is 14.0. The van der Waals surface area contributed by atoms with Gasteiger partial charge in [0, 0.05) is 35.8 Å². The average Bonchev–Trinajstić information content (AvgIpc) is 2.98. The molecular formula is C30H33Cl2N3O4S2. The fourth-order valence-electron chi connectivity index (χ4n) is 5.80. The molecule has 5 rings (SSSR count). The molecule has 2 fully saturated rings. The first kappa shape index (κ1) is 30.3. The van der Waals surface area contributed by atoms with Crippen LogP contribution in [0, 0.1) is 5.41 Å². The first-order valence-electron chi connectivity index (χ1n) is 14.0. The molecule has 1 saturated carbocycles. The van der Waals surface area contributed by atoms with E-state index in [1.807, 2.05) is 35.7 Å². The van der Waals surface area contributed by atoms with Crippen LogP contribution in [0.3, 0.4) is 0 Å². The Hall–Kier alpha value is -2.20. The molecule has 2 aliphatic carbocycles. The summed E-state index contributed by atoms with van der Waals surface area (Å²) in [5, 5.41) is 6.70. The number of halogens is 2. The molecule has 0 bridgehead atoms. The monoisotopic (exact) mass is 633 g/mol. The van der Waals surface area contributed by atoms with Crippen LogP contribution in [0.2, 0.25) is 10.0 Å². The van der Waals surface area contributed by atoms with E-state index >= 15 is 0 Å². The molecule has 3 aliphatic rings. The number of hydrogen-bond donors (Lipinski definition) is 2. The predicted molar refractivity (Wildman–Crippen MR) is 167 cm³/mol. The van der Waals surface area contributed by atoms with E-state index in [4.69, 9.17) is 27.9 Å². The fraction of sp³-hybridized carbons (Fsp3) is 0.467. The number of nitrogens with zero attached hydrogens (tertiary/aromatic N) is 1. The number of esters is 1. The Morgan fingerprint density at radius 1 is 1.05 bits per heavy atom. The summed E-state index contributed by atoms with van der Waals surface area (Å²) in [5.41, 5.74) is 2.93. The van der Waals surface area contributed by atoms with Gasteiger partial charge < -0.3 is 15.4 Å². The number of carbonyl (C=O) groups excluding carboxylic acids is 3. The van der Waals surface area contributed by atoms with Crippen LogP contribution in [-0.4, -0.2) is 51.4 Å². The molecule has 41 heavy (non-hydrogen) atoms. The van der Waals surface area contributed by atoms with Crippen molar-refractivity contribution >= 4 is 70.1 Å². The molecule has 1 unspecified atom stereocenters. The number of amides is 1. The highest BCUT2D eigenvalue weighted by Gasteiger charge is 2.56. The van der Waals surface area contributed by atoms with Gasteiger partial charge in [-0.3, -0.25) is 14.6 Å². The van der Waals surface area contributed by atoms with Gasteiger partial charge in [-0.1, -0.05) is 54.6 Å². The molecule has 11 heteroatoms. The van der Waals surface area contributed by atoms with Crippen molar-refractivity contribution in [2.45, 2.75) is 62.5 Å². The number of carbonyl (C=O) groups is 3. The minimum Gasteiger partial charge on any atom is -0.464 e. The van der Waals surface area contributed by atoms with Gasteiger partial charge in [0.2, 0.25) is 0 Å². The van der Waals surface area contributed by atoms with Gasteiger partial charge in [-0.15, -0.1) is 23.5 Å². The molecule has 1 aromatic carbocycles. The smallest absolute Gasteiger partial charge is 0.328 e. The lowest BCUT2D eigenvalue weighted by molar-refractivity contribution is -0.146. The van der Waals surface area contributed by atoms with E-state index in [0.29, 0.717) is 12.1 Å². The van der Waals surface area contributed by atoms with E-state index in [1.165, 1.54) is 12.4 Å². The van der Waals surface area contributed by atoms with Gasteiger partial charge in [-0.2, -0.15) is 0 Å². The van der Waals surface area contributed by atoms with Crippen molar-refractivity contribution in [2.24, 2.45) is 5.41 Å². The summed E-state index contributed by atoms with van der Waals surface area (Å²) in [5.74, 6) is 1.57. The summed E-state index contributed by atoms with van der Waals surface area (Å²) in [6.07, 6.45) is 9.08. The van der Waals surface area contributed by atoms with Crippen molar-refractivity contribution < 1.29 is 19.1 Å². The number of rotatable bonds is 9. The van der Waals surface area contributed by atoms with Gasteiger partial charge in [-0.25, -0.2) is 4.79 Å². The van der Waals surface area contributed by atoms with Crippen molar-refractivity contribution in [3.8, 4) is 0 Å². The first-order chi connectivity index (χ1) is 19.8. The summed E-state index contributed by atoms with van der Waals surface area (Å²) in [7, 11) is 0. The molecule has 1 aromatic heterocycles. The fourth-order valence-corrected chi connectivity index (χ4v) is 9.31. The van der Waals surface area contributed by atoms with Crippen molar-refractivity contribution in [3.63, 3.8) is 0 Å². The highest BCUT2D eigenvalue weighted by molar-refractivity contribution is 8.17. The molecule has 0 radical (unpaired) electrons. The second-order valence-electron chi connectivity index (χ2n) is 10.5. The number of anilines is 1. The first-order valence-corrected chi connectivity index (χ1v) is 16.8. The summed E-state index contributed by atoms with van der Waals surface area (Å²) in [6.45, 7) is 2.07. The Morgan fingerprint density at radius 3 is 2.34 bits per heavy atom. The molecule has 1 saturated heterocycles. The second kappa shape index (κ2) is 13.4. The van der Waals surface area contributed by atoms with Crippen molar-refractivity contribution in [2.75, 3.05) is 23.4 Å². The number of ketones is 1. The van der Waals surface area contributed by atoms with Crippen LogP contribution in [0.5, 0.6) is 0 Å². The number of aromatic nitrogens is 1. The quantitative estimate of drug-likeness (QED) is 0.295. The molecule has 218 valence electrons. The molecule has 7 nitrogen and oxygen atoms in total. The molecule has 2 N–H and O–H groups in total. The van der Waals surface area contributed by atoms with Crippen LogP contribution >= 0.6 is 46.7 Å². The number of pyridine rings is 1. The number of hydrogen-bond acceptors (Lipinski definition) is 8. The van der Waals surface area contributed by atoms with Gasteiger partial charge in [0.05, 0.1) is 32.2 Å². The maximum absolute atomic E-state index is 13.7.